The lowest BCUT2D eigenvalue weighted by Gasteiger charge is -2.34. The van der Waals surface area contributed by atoms with E-state index in [1.165, 1.54) is 19.4 Å². The molecule has 1 saturated heterocycles. The highest BCUT2D eigenvalue weighted by atomic mass is 16.5. The van der Waals surface area contributed by atoms with E-state index in [0.717, 1.165) is 32.8 Å². The van der Waals surface area contributed by atoms with E-state index in [1.54, 1.807) is 0 Å². The Morgan fingerprint density at radius 2 is 2.00 bits per heavy atom. The number of unbranched alkanes of at least 4 members (excludes halogenated alkanes) is 1. The normalized spacial score (nSPS) is 21.2. The maximum absolute atomic E-state index is 5.78. The van der Waals surface area contributed by atoms with Gasteiger partial charge in [0.05, 0.1) is 12.7 Å². The molecule has 1 fully saturated rings. The number of morpholine rings is 1. The summed E-state index contributed by atoms with van der Waals surface area (Å²) in [6, 6.07) is 0. The first-order valence-corrected chi connectivity index (χ1v) is 7.28. The van der Waals surface area contributed by atoms with Crippen LogP contribution in [0.25, 0.3) is 0 Å². The molecule has 0 aromatic rings. The molecule has 1 aliphatic heterocycles. The Kier molecular flexibility index (Phi) is 10.9. The highest BCUT2D eigenvalue weighted by Crippen LogP contribution is 2.07. The molecule has 0 bridgehead atoms. The van der Waals surface area contributed by atoms with E-state index >= 15 is 0 Å². The standard InChI is InChI=1S/C12H26N2O.C2H6/c1-4-6-7-14-8-9-15-12(11-14)10-13(3)5-2;1-2/h12H,4-11H2,1-3H3;1-2H3. The third kappa shape index (κ3) is 7.74. The van der Waals surface area contributed by atoms with Gasteiger partial charge in [0.1, 0.15) is 0 Å². The largest absolute Gasteiger partial charge is 0.374 e. The number of hydrogen-bond donors (Lipinski definition) is 0. The van der Waals surface area contributed by atoms with Crippen molar-refractivity contribution in [3.8, 4) is 0 Å². The van der Waals surface area contributed by atoms with E-state index in [4.69, 9.17) is 4.74 Å². The summed E-state index contributed by atoms with van der Waals surface area (Å²) in [5.74, 6) is 0. The van der Waals surface area contributed by atoms with E-state index in [1.807, 2.05) is 13.8 Å². The predicted octanol–water partition coefficient (Wildman–Crippen LogP) is 2.47. The Labute approximate surface area is 108 Å². The molecule has 3 nitrogen and oxygen atoms in total. The van der Waals surface area contributed by atoms with Crippen molar-refractivity contribution in [2.24, 2.45) is 0 Å². The Morgan fingerprint density at radius 3 is 2.59 bits per heavy atom. The Hall–Kier alpha value is -0.120. The molecule has 1 heterocycles. The van der Waals surface area contributed by atoms with Crippen LogP contribution >= 0.6 is 0 Å². The van der Waals surface area contributed by atoms with Crippen molar-refractivity contribution in [3.63, 3.8) is 0 Å². The lowest BCUT2D eigenvalue weighted by Crippen LogP contribution is -2.47. The first-order valence-electron chi connectivity index (χ1n) is 7.28. The molecule has 1 rings (SSSR count). The van der Waals surface area contributed by atoms with Gasteiger partial charge in [-0.1, -0.05) is 34.1 Å². The molecule has 0 amide bonds. The predicted molar refractivity (Wildman–Crippen MR) is 75.6 cm³/mol. The monoisotopic (exact) mass is 244 g/mol. The van der Waals surface area contributed by atoms with Gasteiger partial charge in [-0.15, -0.1) is 0 Å². The number of likely N-dealkylation sites (N-methyl/N-ethyl adjacent to an activating group) is 1. The second kappa shape index (κ2) is 11.0. The fourth-order valence-electron chi connectivity index (χ4n) is 1.95. The molecule has 104 valence electrons. The molecule has 3 heteroatoms. The van der Waals surface area contributed by atoms with Crippen LogP contribution in [-0.2, 0) is 4.74 Å². The molecule has 0 N–H and O–H groups in total. The maximum Gasteiger partial charge on any atom is 0.0829 e. The minimum Gasteiger partial charge on any atom is -0.374 e. The van der Waals surface area contributed by atoms with Gasteiger partial charge in [-0.05, 0) is 26.6 Å². The van der Waals surface area contributed by atoms with E-state index in [-0.39, 0.29) is 0 Å². The summed E-state index contributed by atoms with van der Waals surface area (Å²) in [6.07, 6.45) is 3.02. The molecule has 0 aromatic heterocycles. The summed E-state index contributed by atoms with van der Waals surface area (Å²) in [7, 11) is 2.16. The van der Waals surface area contributed by atoms with Crippen molar-refractivity contribution in [3.05, 3.63) is 0 Å². The van der Waals surface area contributed by atoms with Crippen molar-refractivity contribution in [2.75, 3.05) is 46.4 Å². The van der Waals surface area contributed by atoms with E-state index in [9.17, 15) is 0 Å². The summed E-state index contributed by atoms with van der Waals surface area (Å²) in [5, 5.41) is 0. The minimum absolute atomic E-state index is 0.417. The fraction of sp³-hybridized carbons (Fsp3) is 1.00. The summed E-state index contributed by atoms with van der Waals surface area (Å²) in [5.41, 5.74) is 0. The van der Waals surface area contributed by atoms with Crippen molar-refractivity contribution in [2.45, 2.75) is 46.6 Å². The molecule has 0 radical (unpaired) electrons. The highest BCUT2D eigenvalue weighted by Gasteiger charge is 2.20. The van der Waals surface area contributed by atoms with Gasteiger partial charge in [-0.2, -0.15) is 0 Å². The molecule has 1 aliphatic rings. The molecule has 1 atom stereocenters. The van der Waals surface area contributed by atoms with Crippen LogP contribution in [0, 0.1) is 0 Å². The zero-order chi connectivity index (χ0) is 13.1. The summed E-state index contributed by atoms with van der Waals surface area (Å²) in [4.78, 5) is 4.87. The molecular weight excluding hydrogens is 212 g/mol. The lowest BCUT2D eigenvalue weighted by atomic mass is 10.2. The molecule has 1 unspecified atom stereocenters. The van der Waals surface area contributed by atoms with Gasteiger partial charge in [0.15, 0.2) is 0 Å². The molecule has 0 spiro atoms. The van der Waals surface area contributed by atoms with Crippen LogP contribution in [0.5, 0.6) is 0 Å². The van der Waals surface area contributed by atoms with Crippen LogP contribution in [0.4, 0.5) is 0 Å². The molecule has 0 aromatic carbocycles. The zero-order valence-electron chi connectivity index (χ0n) is 12.5. The first kappa shape index (κ1) is 16.9. The Morgan fingerprint density at radius 1 is 1.29 bits per heavy atom. The lowest BCUT2D eigenvalue weighted by molar-refractivity contribution is -0.0401. The summed E-state index contributed by atoms with van der Waals surface area (Å²) >= 11 is 0. The highest BCUT2D eigenvalue weighted by molar-refractivity contribution is 4.73. The van der Waals surface area contributed by atoms with Crippen LogP contribution in [0.1, 0.15) is 40.5 Å². The third-order valence-corrected chi connectivity index (χ3v) is 3.11. The van der Waals surface area contributed by atoms with Gasteiger partial charge >= 0.3 is 0 Å². The average Bonchev–Trinajstić information content (AvgIpc) is 2.39. The van der Waals surface area contributed by atoms with Crippen molar-refractivity contribution in [1.29, 1.82) is 0 Å². The molecule has 0 aliphatic carbocycles. The van der Waals surface area contributed by atoms with Crippen molar-refractivity contribution >= 4 is 0 Å². The average molecular weight is 244 g/mol. The van der Waals surface area contributed by atoms with Gasteiger partial charge in [0, 0.05) is 19.6 Å². The number of ether oxygens (including phenoxy) is 1. The first-order chi connectivity index (χ1) is 8.26. The van der Waals surface area contributed by atoms with Gasteiger partial charge in [-0.3, -0.25) is 4.90 Å². The number of hydrogen-bond acceptors (Lipinski definition) is 3. The topological polar surface area (TPSA) is 15.7 Å². The second-order valence-electron chi connectivity index (χ2n) is 4.50. The van der Waals surface area contributed by atoms with Crippen LogP contribution in [0.15, 0.2) is 0 Å². The number of nitrogens with zero attached hydrogens (tertiary/aromatic N) is 2. The Balaban J connectivity index is 0.00000121. The van der Waals surface area contributed by atoms with Crippen LogP contribution in [0.2, 0.25) is 0 Å². The Bertz CT molecular complexity index is 164. The van der Waals surface area contributed by atoms with Gasteiger partial charge < -0.3 is 9.64 Å². The van der Waals surface area contributed by atoms with E-state index in [2.05, 4.69) is 30.7 Å². The van der Waals surface area contributed by atoms with Gasteiger partial charge in [0.2, 0.25) is 0 Å². The molecule has 0 saturated carbocycles. The summed E-state index contributed by atoms with van der Waals surface area (Å²) < 4.78 is 5.78. The third-order valence-electron chi connectivity index (χ3n) is 3.11. The molecule has 17 heavy (non-hydrogen) atoms. The van der Waals surface area contributed by atoms with E-state index in [0.29, 0.717) is 6.10 Å². The van der Waals surface area contributed by atoms with Crippen molar-refractivity contribution in [1.82, 2.24) is 9.80 Å². The quantitative estimate of drug-likeness (QED) is 0.714. The van der Waals surface area contributed by atoms with Crippen molar-refractivity contribution < 1.29 is 4.74 Å². The SMILES string of the molecule is CC.CCCCN1CCOC(CN(C)CC)C1. The number of rotatable bonds is 6. The molecular formula is C14H32N2O. The van der Waals surface area contributed by atoms with Gasteiger partial charge in [0.25, 0.3) is 0 Å². The minimum atomic E-state index is 0.417. The smallest absolute Gasteiger partial charge is 0.0829 e. The van der Waals surface area contributed by atoms with Gasteiger partial charge in [-0.25, -0.2) is 0 Å². The van der Waals surface area contributed by atoms with Crippen LogP contribution in [-0.4, -0.2) is 62.3 Å². The maximum atomic E-state index is 5.78. The second-order valence-corrected chi connectivity index (χ2v) is 4.50. The summed E-state index contributed by atoms with van der Waals surface area (Å²) in [6.45, 7) is 15.0. The van der Waals surface area contributed by atoms with Crippen LogP contribution < -0.4 is 0 Å². The fourth-order valence-corrected chi connectivity index (χ4v) is 1.95. The van der Waals surface area contributed by atoms with Crippen LogP contribution in [0.3, 0.4) is 0 Å². The zero-order valence-corrected chi connectivity index (χ0v) is 12.5. The van der Waals surface area contributed by atoms with E-state index < -0.39 is 0 Å².